The molecule has 0 radical (unpaired) electrons. The molecule has 1 aromatic carbocycles. The van der Waals surface area contributed by atoms with E-state index in [1.54, 1.807) is 24.3 Å². The summed E-state index contributed by atoms with van der Waals surface area (Å²) >= 11 is 0. The van der Waals surface area contributed by atoms with Crippen LogP contribution in [0.1, 0.15) is 5.56 Å². The van der Waals surface area contributed by atoms with Gasteiger partial charge in [-0.25, -0.2) is 8.42 Å². The number of hydrogen-bond acceptors (Lipinski definition) is 3. The minimum Gasteiger partial charge on any atom is -0.326 e. The van der Waals surface area contributed by atoms with Crippen molar-refractivity contribution in [3.05, 3.63) is 36.4 Å². The third-order valence-electron chi connectivity index (χ3n) is 1.92. The zero-order valence-corrected chi connectivity index (χ0v) is 8.84. The molecule has 0 saturated heterocycles. The molecule has 0 fully saturated rings. The lowest BCUT2D eigenvalue weighted by Crippen LogP contribution is -2.02. The summed E-state index contributed by atoms with van der Waals surface area (Å²) in [6.07, 6.45) is 1.18. The molecule has 0 aliphatic carbocycles. The van der Waals surface area contributed by atoms with E-state index in [-0.39, 0.29) is 0 Å². The molecule has 76 valence electrons. The zero-order chi connectivity index (χ0) is 10.8. The first kappa shape index (κ1) is 10.9. The van der Waals surface area contributed by atoms with Crippen molar-refractivity contribution in [2.75, 3.05) is 12.8 Å². The van der Waals surface area contributed by atoms with Gasteiger partial charge < -0.3 is 5.73 Å². The van der Waals surface area contributed by atoms with Crippen molar-refractivity contribution in [3.63, 3.8) is 0 Å². The summed E-state index contributed by atoms with van der Waals surface area (Å²) in [5.41, 5.74) is 6.92. The topological polar surface area (TPSA) is 60.2 Å². The van der Waals surface area contributed by atoms with Gasteiger partial charge in [0, 0.05) is 12.8 Å². The summed E-state index contributed by atoms with van der Waals surface area (Å²) in [7, 11) is -3.15. The number of nitrogens with two attached hydrogens (primary N) is 1. The summed E-state index contributed by atoms with van der Waals surface area (Å²) in [4.78, 5) is 0.296. The normalized spacial score (nSPS) is 11.3. The molecule has 0 saturated carbocycles. The smallest absolute Gasteiger partial charge is 0.175 e. The Hall–Kier alpha value is -1.13. The molecule has 3 nitrogen and oxygen atoms in total. The van der Waals surface area contributed by atoms with E-state index < -0.39 is 9.84 Å². The maximum Gasteiger partial charge on any atom is 0.175 e. The fourth-order valence-electron chi connectivity index (χ4n) is 1.06. The SMILES string of the molecule is C=C(CN)c1cccc(S(C)(=O)=O)c1. The number of sulfone groups is 1. The Morgan fingerprint density at radius 1 is 1.50 bits per heavy atom. The molecule has 4 heteroatoms. The molecule has 0 heterocycles. The molecule has 0 spiro atoms. The van der Waals surface area contributed by atoms with Crippen LogP contribution in [0.15, 0.2) is 35.7 Å². The molecular formula is C10H13NO2S. The maximum absolute atomic E-state index is 11.2. The first-order valence-corrected chi connectivity index (χ1v) is 6.02. The van der Waals surface area contributed by atoms with E-state index in [0.717, 1.165) is 11.1 Å². The van der Waals surface area contributed by atoms with Gasteiger partial charge in [-0.05, 0) is 23.3 Å². The van der Waals surface area contributed by atoms with E-state index in [9.17, 15) is 8.42 Å². The minimum atomic E-state index is -3.15. The third kappa shape index (κ3) is 2.43. The molecule has 0 aromatic heterocycles. The Balaban J connectivity index is 3.21. The van der Waals surface area contributed by atoms with Crippen molar-refractivity contribution in [1.29, 1.82) is 0 Å². The summed E-state index contributed by atoms with van der Waals surface area (Å²) in [6, 6.07) is 6.63. The summed E-state index contributed by atoms with van der Waals surface area (Å²) in [5, 5.41) is 0. The van der Waals surface area contributed by atoms with Gasteiger partial charge >= 0.3 is 0 Å². The Morgan fingerprint density at radius 2 is 2.14 bits per heavy atom. The van der Waals surface area contributed by atoms with Crippen LogP contribution in [0.3, 0.4) is 0 Å². The van der Waals surface area contributed by atoms with E-state index >= 15 is 0 Å². The second kappa shape index (κ2) is 3.94. The molecule has 0 amide bonds. The molecule has 0 aliphatic rings. The van der Waals surface area contributed by atoms with Gasteiger partial charge in [-0.3, -0.25) is 0 Å². The van der Waals surface area contributed by atoms with Crippen molar-refractivity contribution >= 4 is 15.4 Å². The second-order valence-corrected chi connectivity index (χ2v) is 5.12. The minimum absolute atomic E-state index is 0.296. The van der Waals surface area contributed by atoms with Crippen molar-refractivity contribution in [2.24, 2.45) is 5.73 Å². The van der Waals surface area contributed by atoms with Gasteiger partial charge in [0.1, 0.15) is 0 Å². The highest BCUT2D eigenvalue weighted by molar-refractivity contribution is 7.90. The van der Waals surface area contributed by atoms with Gasteiger partial charge in [-0.1, -0.05) is 18.7 Å². The van der Waals surface area contributed by atoms with Crippen LogP contribution < -0.4 is 5.73 Å². The van der Waals surface area contributed by atoms with Gasteiger partial charge in [-0.2, -0.15) is 0 Å². The van der Waals surface area contributed by atoms with Crippen LogP contribution in [0, 0.1) is 0 Å². The second-order valence-electron chi connectivity index (χ2n) is 3.11. The molecular weight excluding hydrogens is 198 g/mol. The summed E-state index contributed by atoms with van der Waals surface area (Å²) < 4.78 is 22.5. The molecule has 0 aliphatic heterocycles. The van der Waals surface area contributed by atoms with Crippen LogP contribution in [-0.2, 0) is 9.84 Å². The van der Waals surface area contributed by atoms with Gasteiger partial charge in [0.15, 0.2) is 9.84 Å². The van der Waals surface area contributed by atoms with Gasteiger partial charge in [0.05, 0.1) is 4.90 Å². The fourth-order valence-corrected chi connectivity index (χ4v) is 1.73. The summed E-state index contributed by atoms with van der Waals surface area (Å²) in [6.45, 7) is 4.07. The number of hydrogen-bond donors (Lipinski definition) is 1. The van der Waals surface area contributed by atoms with E-state index in [1.807, 2.05) is 0 Å². The van der Waals surface area contributed by atoms with Gasteiger partial charge in [0.2, 0.25) is 0 Å². The highest BCUT2D eigenvalue weighted by Crippen LogP contribution is 2.16. The lowest BCUT2D eigenvalue weighted by molar-refractivity contribution is 0.602. The molecule has 1 rings (SSSR count). The molecule has 2 N–H and O–H groups in total. The Kier molecular flexibility index (Phi) is 3.08. The van der Waals surface area contributed by atoms with Crippen LogP contribution in [0.2, 0.25) is 0 Å². The van der Waals surface area contributed by atoms with Crippen LogP contribution in [-0.4, -0.2) is 21.2 Å². The highest BCUT2D eigenvalue weighted by atomic mass is 32.2. The average molecular weight is 211 g/mol. The van der Waals surface area contributed by atoms with Gasteiger partial charge in [-0.15, -0.1) is 0 Å². The number of rotatable bonds is 3. The average Bonchev–Trinajstić information content (AvgIpc) is 2.15. The third-order valence-corrected chi connectivity index (χ3v) is 3.03. The Labute approximate surface area is 84.2 Å². The van der Waals surface area contributed by atoms with Crippen LogP contribution in [0.5, 0.6) is 0 Å². The van der Waals surface area contributed by atoms with Crippen molar-refractivity contribution in [2.45, 2.75) is 4.90 Å². The summed E-state index contributed by atoms with van der Waals surface area (Å²) in [5.74, 6) is 0. The monoisotopic (exact) mass is 211 g/mol. The molecule has 1 aromatic rings. The Bertz CT molecular complexity index is 449. The predicted molar refractivity (Wildman–Crippen MR) is 57.6 cm³/mol. The molecule has 0 bridgehead atoms. The van der Waals surface area contributed by atoms with E-state index in [0.29, 0.717) is 11.4 Å². The first-order chi connectivity index (χ1) is 6.45. The van der Waals surface area contributed by atoms with E-state index in [4.69, 9.17) is 5.73 Å². The quantitative estimate of drug-likeness (QED) is 0.813. The fraction of sp³-hybridized carbons (Fsp3) is 0.200. The predicted octanol–water partition coefficient (Wildman–Crippen LogP) is 1.06. The standard InChI is InChI=1S/C10H13NO2S/c1-8(7-11)9-4-3-5-10(6-9)14(2,12)13/h3-6H,1,7,11H2,2H3. The van der Waals surface area contributed by atoms with Crippen LogP contribution >= 0.6 is 0 Å². The maximum atomic E-state index is 11.2. The molecule has 14 heavy (non-hydrogen) atoms. The van der Waals surface area contributed by atoms with Crippen LogP contribution in [0.4, 0.5) is 0 Å². The first-order valence-electron chi connectivity index (χ1n) is 4.13. The van der Waals surface area contributed by atoms with Crippen molar-refractivity contribution in [1.82, 2.24) is 0 Å². The van der Waals surface area contributed by atoms with E-state index in [2.05, 4.69) is 6.58 Å². The Morgan fingerprint density at radius 3 is 2.64 bits per heavy atom. The number of benzene rings is 1. The van der Waals surface area contributed by atoms with Crippen molar-refractivity contribution in [3.8, 4) is 0 Å². The van der Waals surface area contributed by atoms with Crippen molar-refractivity contribution < 1.29 is 8.42 Å². The van der Waals surface area contributed by atoms with Gasteiger partial charge in [0.25, 0.3) is 0 Å². The molecule has 0 atom stereocenters. The lowest BCUT2D eigenvalue weighted by Gasteiger charge is -2.04. The highest BCUT2D eigenvalue weighted by Gasteiger charge is 2.07. The zero-order valence-electron chi connectivity index (χ0n) is 8.03. The lowest BCUT2D eigenvalue weighted by atomic mass is 10.1. The van der Waals surface area contributed by atoms with Crippen LogP contribution in [0.25, 0.3) is 5.57 Å². The van der Waals surface area contributed by atoms with E-state index in [1.165, 1.54) is 6.26 Å². The molecule has 0 unspecified atom stereocenters. The largest absolute Gasteiger partial charge is 0.326 e.